The Morgan fingerprint density at radius 1 is 1.22 bits per heavy atom. The first-order valence-electron chi connectivity index (χ1n) is 10.3. The number of piperazine rings is 1. The molecule has 1 fully saturated rings. The summed E-state index contributed by atoms with van der Waals surface area (Å²) in [6, 6.07) is 7.56. The van der Waals surface area contributed by atoms with Crippen LogP contribution in [0.5, 0.6) is 5.75 Å². The van der Waals surface area contributed by atoms with Crippen molar-refractivity contribution < 1.29 is 14.3 Å². The Kier molecular flexibility index (Phi) is 7.94. The third-order valence-electron chi connectivity index (χ3n) is 5.38. The number of guanidine groups is 1. The molecule has 2 aliphatic heterocycles. The molecule has 0 aliphatic carbocycles. The first kappa shape index (κ1) is 23.8. The molecular weight excluding hydrogens is 525 g/mol. The molecule has 172 valence electrons. The van der Waals surface area contributed by atoms with Gasteiger partial charge >= 0.3 is 0 Å². The number of amides is 2. The van der Waals surface area contributed by atoms with Crippen molar-refractivity contribution in [2.45, 2.75) is 6.42 Å². The number of para-hydroxylation sites is 2. The maximum absolute atomic E-state index is 12.6. The van der Waals surface area contributed by atoms with Crippen molar-refractivity contribution >= 4 is 53.1 Å². The summed E-state index contributed by atoms with van der Waals surface area (Å²) in [4.78, 5) is 34.7. The van der Waals surface area contributed by atoms with Crippen molar-refractivity contribution in [3.05, 3.63) is 36.7 Å². The van der Waals surface area contributed by atoms with Crippen molar-refractivity contribution in [3.8, 4) is 5.75 Å². The number of anilines is 2. The number of hydrogen-bond donors (Lipinski definition) is 1. The highest BCUT2D eigenvalue weighted by Crippen LogP contribution is 2.31. The number of ether oxygens (including phenoxy) is 1. The minimum atomic E-state index is -0.0415. The summed E-state index contributed by atoms with van der Waals surface area (Å²) in [6.45, 7) is 2.78. The number of benzene rings is 1. The third kappa shape index (κ3) is 5.14. The SMILES string of the molecule is CN=C(NCCCN1C(=O)COc2ccccc21)N1CCN(c2cnn(C)c2)C(=O)C1.I. The van der Waals surface area contributed by atoms with E-state index in [2.05, 4.69) is 15.4 Å². The molecule has 0 atom stereocenters. The van der Waals surface area contributed by atoms with Crippen LogP contribution in [-0.4, -0.2) is 78.8 Å². The molecule has 0 radical (unpaired) electrons. The molecular formula is C21H28IN7O3. The minimum Gasteiger partial charge on any atom is -0.482 e. The van der Waals surface area contributed by atoms with E-state index in [4.69, 9.17) is 4.74 Å². The molecule has 1 N–H and O–H groups in total. The Morgan fingerprint density at radius 3 is 2.75 bits per heavy atom. The minimum absolute atomic E-state index is 0. The van der Waals surface area contributed by atoms with Crippen molar-refractivity contribution in [1.82, 2.24) is 20.0 Å². The van der Waals surface area contributed by atoms with E-state index in [1.807, 2.05) is 42.4 Å². The van der Waals surface area contributed by atoms with E-state index in [-0.39, 0.29) is 48.9 Å². The predicted octanol–water partition coefficient (Wildman–Crippen LogP) is 1.08. The zero-order valence-electron chi connectivity index (χ0n) is 18.2. The van der Waals surface area contributed by atoms with Gasteiger partial charge in [-0.3, -0.25) is 19.3 Å². The molecule has 3 heterocycles. The van der Waals surface area contributed by atoms with Crippen LogP contribution in [0.1, 0.15) is 6.42 Å². The van der Waals surface area contributed by atoms with Gasteiger partial charge in [0.25, 0.3) is 5.91 Å². The maximum Gasteiger partial charge on any atom is 0.265 e. The van der Waals surface area contributed by atoms with E-state index in [0.717, 1.165) is 23.5 Å². The topological polar surface area (TPSA) is 95.3 Å². The second-order valence-electron chi connectivity index (χ2n) is 7.47. The van der Waals surface area contributed by atoms with Crippen molar-refractivity contribution in [1.29, 1.82) is 0 Å². The number of carbonyl (C=O) groups is 2. The lowest BCUT2D eigenvalue weighted by Gasteiger charge is -2.35. The van der Waals surface area contributed by atoms with Gasteiger partial charge in [0.05, 0.1) is 17.6 Å². The molecule has 1 aromatic carbocycles. The van der Waals surface area contributed by atoms with Gasteiger partial charge in [-0.05, 0) is 18.6 Å². The number of halogens is 1. The van der Waals surface area contributed by atoms with Crippen LogP contribution in [0.3, 0.4) is 0 Å². The number of carbonyl (C=O) groups excluding carboxylic acids is 2. The lowest BCUT2D eigenvalue weighted by Crippen LogP contribution is -2.55. The number of nitrogens with zero attached hydrogens (tertiary/aromatic N) is 6. The zero-order chi connectivity index (χ0) is 21.8. The molecule has 0 spiro atoms. The molecule has 1 saturated heterocycles. The molecule has 4 rings (SSSR count). The van der Waals surface area contributed by atoms with E-state index in [1.54, 1.807) is 27.7 Å². The van der Waals surface area contributed by atoms with Gasteiger partial charge in [0.2, 0.25) is 5.91 Å². The van der Waals surface area contributed by atoms with Gasteiger partial charge in [-0.2, -0.15) is 5.10 Å². The van der Waals surface area contributed by atoms with Crippen LogP contribution >= 0.6 is 24.0 Å². The number of fused-ring (bicyclic) bond motifs is 1. The fraction of sp³-hybridized carbons (Fsp3) is 0.429. The highest BCUT2D eigenvalue weighted by molar-refractivity contribution is 14.0. The molecule has 11 heteroatoms. The van der Waals surface area contributed by atoms with Crippen LogP contribution < -0.4 is 19.9 Å². The second-order valence-corrected chi connectivity index (χ2v) is 7.47. The van der Waals surface area contributed by atoms with Gasteiger partial charge in [-0.25, -0.2) is 0 Å². The van der Waals surface area contributed by atoms with Gasteiger partial charge in [0.15, 0.2) is 12.6 Å². The van der Waals surface area contributed by atoms with Gasteiger partial charge in [-0.15, -0.1) is 24.0 Å². The zero-order valence-corrected chi connectivity index (χ0v) is 20.6. The average Bonchev–Trinajstić information content (AvgIpc) is 3.21. The predicted molar refractivity (Wildman–Crippen MR) is 133 cm³/mol. The van der Waals surface area contributed by atoms with Crippen LogP contribution in [0.4, 0.5) is 11.4 Å². The highest BCUT2D eigenvalue weighted by atomic mass is 127. The number of hydrogen-bond acceptors (Lipinski definition) is 5. The Morgan fingerprint density at radius 2 is 2.03 bits per heavy atom. The molecule has 2 aromatic rings. The van der Waals surface area contributed by atoms with E-state index < -0.39 is 0 Å². The largest absolute Gasteiger partial charge is 0.482 e. The first-order valence-corrected chi connectivity index (χ1v) is 10.3. The fourth-order valence-electron chi connectivity index (χ4n) is 3.84. The molecule has 0 bridgehead atoms. The Hall–Kier alpha value is -2.83. The molecule has 0 unspecified atom stereocenters. The fourth-order valence-corrected chi connectivity index (χ4v) is 3.84. The Labute approximate surface area is 204 Å². The van der Waals surface area contributed by atoms with E-state index in [9.17, 15) is 9.59 Å². The molecule has 10 nitrogen and oxygen atoms in total. The van der Waals surface area contributed by atoms with Crippen LogP contribution in [0.2, 0.25) is 0 Å². The molecule has 2 amide bonds. The van der Waals surface area contributed by atoms with Crippen LogP contribution in [0, 0.1) is 0 Å². The van der Waals surface area contributed by atoms with E-state index >= 15 is 0 Å². The van der Waals surface area contributed by atoms with Gasteiger partial charge in [0, 0.05) is 46.5 Å². The lowest BCUT2D eigenvalue weighted by atomic mass is 10.2. The summed E-state index contributed by atoms with van der Waals surface area (Å²) in [5.74, 6) is 1.39. The highest BCUT2D eigenvalue weighted by Gasteiger charge is 2.28. The average molecular weight is 553 g/mol. The van der Waals surface area contributed by atoms with E-state index in [0.29, 0.717) is 32.1 Å². The normalized spacial score (nSPS) is 16.4. The lowest BCUT2D eigenvalue weighted by molar-refractivity contribution is -0.121. The number of aromatic nitrogens is 2. The van der Waals surface area contributed by atoms with Crippen LogP contribution in [0.15, 0.2) is 41.7 Å². The monoisotopic (exact) mass is 553 g/mol. The maximum atomic E-state index is 12.6. The van der Waals surface area contributed by atoms with Crippen molar-refractivity contribution in [3.63, 3.8) is 0 Å². The van der Waals surface area contributed by atoms with Crippen molar-refractivity contribution in [2.75, 3.05) is 56.2 Å². The smallest absolute Gasteiger partial charge is 0.265 e. The summed E-state index contributed by atoms with van der Waals surface area (Å²) in [5.41, 5.74) is 1.62. The summed E-state index contributed by atoms with van der Waals surface area (Å²) in [7, 11) is 3.54. The Bertz CT molecular complexity index is 993. The number of aryl methyl sites for hydroxylation is 1. The summed E-state index contributed by atoms with van der Waals surface area (Å²) >= 11 is 0. The van der Waals surface area contributed by atoms with Crippen molar-refractivity contribution in [2.24, 2.45) is 12.0 Å². The quantitative estimate of drug-likeness (QED) is 0.258. The number of nitrogens with one attached hydrogen (secondary N) is 1. The standard InChI is InChI=1S/C21H27N7O3.HI/c1-22-21(26-10-11-27(19(29)14-26)16-12-24-25(2)13-16)23-8-5-9-28-17-6-3-4-7-18(17)31-15-20(28)30;/h3-4,6-7,12-13H,5,8-11,14-15H2,1-2H3,(H,22,23);1H. The molecule has 32 heavy (non-hydrogen) atoms. The summed E-state index contributed by atoms with van der Waals surface area (Å²) in [5, 5.41) is 7.46. The van der Waals surface area contributed by atoms with E-state index in [1.165, 1.54) is 0 Å². The molecule has 2 aliphatic rings. The van der Waals surface area contributed by atoms with Crippen LogP contribution in [0.25, 0.3) is 0 Å². The number of aliphatic imine (C=N–C) groups is 1. The molecule has 0 saturated carbocycles. The van der Waals surface area contributed by atoms with Crippen LogP contribution in [-0.2, 0) is 16.6 Å². The second kappa shape index (κ2) is 10.7. The van der Waals surface area contributed by atoms with Gasteiger partial charge < -0.3 is 24.8 Å². The van der Waals surface area contributed by atoms with Gasteiger partial charge in [-0.1, -0.05) is 12.1 Å². The first-order chi connectivity index (χ1) is 15.1. The summed E-state index contributed by atoms with van der Waals surface area (Å²) in [6.07, 6.45) is 4.28. The molecule has 1 aromatic heterocycles. The number of rotatable bonds is 5. The third-order valence-corrected chi connectivity index (χ3v) is 5.38. The Balaban J connectivity index is 0.00000289. The van der Waals surface area contributed by atoms with Gasteiger partial charge in [0.1, 0.15) is 12.3 Å². The summed E-state index contributed by atoms with van der Waals surface area (Å²) < 4.78 is 7.17.